The van der Waals surface area contributed by atoms with Gasteiger partial charge in [-0.15, -0.1) is 0 Å². The predicted molar refractivity (Wildman–Crippen MR) is 80.1 cm³/mol. The summed E-state index contributed by atoms with van der Waals surface area (Å²) in [6.45, 7) is 0.567. The summed E-state index contributed by atoms with van der Waals surface area (Å²) in [4.78, 5) is 4.33. The van der Waals surface area contributed by atoms with Crippen molar-refractivity contribution in [2.24, 2.45) is 0 Å². The topological polar surface area (TPSA) is 34.1 Å². The Balaban J connectivity index is 2.28. The van der Waals surface area contributed by atoms with E-state index in [2.05, 4.69) is 42.2 Å². The molecule has 0 unspecified atom stereocenters. The normalized spacial score (nSPS) is 10.4. The molecule has 0 amide bonds. The fraction of sp³-hybridized carbons (Fsp3) is 0.154. The lowest BCUT2D eigenvalue weighted by molar-refractivity contribution is 0.185. The van der Waals surface area contributed by atoms with Gasteiger partial charge in [0.2, 0.25) is 0 Å². The minimum atomic E-state index is 0.567. The third-order valence-corrected chi connectivity index (χ3v) is 3.42. The lowest BCUT2D eigenvalue weighted by Crippen LogP contribution is -1.99. The van der Waals surface area contributed by atoms with Crippen molar-refractivity contribution in [2.45, 2.75) is 6.61 Å². The SMILES string of the molecule is COCc1ccccc1Nc1ncc(Br)cc1Br. The second-order valence-corrected chi connectivity index (χ2v) is 5.47. The molecule has 0 spiro atoms. The molecule has 0 saturated carbocycles. The molecule has 5 heteroatoms. The molecule has 0 atom stereocenters. The zero-order valence-corrected chi connectivity index (χ0v) is 13.0. The Labute approximate surface area is 123 Å². The predicted octanol–water partition coefficient (Wildman–Crippen LogP) is 4.50. The molecule has 0 radical (unpaired) electrons. The van der Waals surface area contributed by atoms with Crippen LogP contribution < -0.4 is 5.32 Å². The molecule has 1 N–H and O–H groups in total. The van der Waals surface area contributed by atoms with Crippen molar-refractivity contribution in [1.29, 1.82) is 0 Å². The van der Waals surface area contributed by atoms with Gasteiger partial charge in [0.15, 0.2) is 0 Å². The van der Waals surface area contributed by atoms with Crippen molar-refractivity contribution in [3.63, 3.8) is 0 Å². The first-order valence-corrected chi connectivity index (χ1v) is 6.94. The number of nitrogens with zero attached hydrogens (tertiary/aromatic N) is 1. The molecule has 1 aromatic carbocycles. The molecule has 0 saturated heterocycles. The summed E-state index contributed by atoms with van der Waals surface area (Å²) >= 11 is 6.86. The van der Waals surface area contributed by atoms with Crippen LogP contribution in [0.4, 0.5) is 11.5 Å². The average molecular weight is 372 g/mol. The number of halogens is 2. The summed E-state index contributed by atoms with van der Waals surface area (Å²) in [6.07, 6.45) is 1.76. The maximum absolute atomic E-state index is 5.18. The van der Waals surface area contributed by atoms with Gasteiger partial charge in [0.1, 0.15) is 5.82 Å². The molecular weight excluding hydrogens is 360 g/mol. The van der Waals surface area contributed by atoms with Crippen molar-refractivity contribution < 1.29 is 4.74 Å². The standard InChI is InChI=1S/C13H12Br2N2O/c1-18-8-9-4-2-3-5-12(9)17-13-11(15)6-10(14)7-16-13/h2-7H,8H2,1H3,(H,16,17). The molecule has 2 aromatic rings. The van der Waals surface area contributed by atoms with Crippen LogP contribution >= 0.6 is 31.9 Å². The Hall–Kier alpha value is -0.910. The third kappa shape index (κ3) is 3.31. The smallest absolute Gasteiger partial charge is 0.144 e. The Morgan fingerprint density at radius 1 is 1.28 bits per heavy atom. The molecule has 0 aliphatic carbocycles. The number of benzene rings is 1. The third-order valence-electron chi connectivity index (χ3n) is 2.38. The van der Waals surface area contributed by atoms with Gasteiger partial charge in [-0.1, -0.05) is 18.2 Å². The molecule has 0 bridgehead atoms. The number of nitrogens with one attached hydrogen (secondary N) is 1. The highest BCUT2D eigenvalue weighted by Gasteiger charge is 2.06. The van der Waals surface area contributed by atoms with Crippen LogP contribution in [0.25, 0.3) is 0 Å². The lowest BCUT2D eigenvalue weighted by atomic mass is 10.2. The zero-order chi connectivity index (χ0) is 13.0. The fourth-order valence-corrected chi connectivity index (χ4v) is 2.64. The molecule has 0 aliphatic rings. The van der Waals surface area contributed by atoms with E-state index in [0.717, 1.165) is 26.0 Å². The minimum absolute atomic E-state index is 0.567. The number of hydrogen-bond acceptors (Lipinski definition) is 3. The summed E-state index contributed by atoms with van der Waals surface area (Å²) < 4.78 is 7.02. The average Bonchev–Trinajstić information content (AvgIpc) is 2.35. The van der Waals surface area contributed by atoms with Crippen LogP contribution in [0.3, 0.4) is 0 Å². The molecule has 18 heavy (non-hydrogen) atoms. The highest BCUT2D eigenvalue weighted by atomic mass is 79.9. The van der Waals surface area contributed by atoms with Gasteiger partial charge in [0.25, 0.3) is 0 Å². The van der Waals surface area contributed by atoms with E-state index in [1.54, 1.807) is 13.3 Å². The lowest BCUT2D eigenvalue weighted by Gasteiger charge is -2.12. The summed E-state index contributed by atoms with van der Waals surface area (Å²) in [6, 6.07) is 9.95. The van der Waals surface area contributed by atoms with Crippen LogP contribution in [-0.4, -0.2) is 12.1 Å². The highest BCUT2D eigenvalue weighted by Crippen LogP contribution is 2.27. The summed E-state index contributed by atoms with van der Waals surface area (Å²) in [7, 11) is 1.69. The molecule has 2 rings (SSSR count). The first-order valence-electron chi connectivity index (χ1n) is 5.35. The molecule has 0 fully saturated rings. The van der Waals surface area contributed by atoms with E-state index in [-0.39, 0.29) is 0 Å². The molecule has 1 aromatic heterocycles. The van der Waals surface area contributed by atoms with E-state index < -0.39 is 0 Å². The van der Waals surface area contributed by atoms with Gasteiger partial charge < -0.3 is 10.1 Å². The largest absolute Gasteiger partial charge is 0.380 e. The number of rotatable bonds is 4. The van der Waals surface area contributed by atoms with E-state index in [1.165, 1.54) is 0 Å². The van der Waals surface area contributed by atoms with Crippen LogP contribution in [0.15, 0.2) is 45.5 Å². The Morgan fingerprint density at radius 3 is 2.78 bits per heavy atom. The molecule has 94 valence electrons. The summed E-state index contributed by atoms with van der Waals surface area (Å²) in [5, 5.41) is 3.29. The van der Waals surface area contributed by atoms with Gasteiger partial charge in [-0.25, -0.2) is 4.98 Å². The number of methoxy groups -OCH3 is 1. The van der Waals surface area contributed by atoms with E-state index in [0.29, 0.717) is 6.61 Å². The van der Waals surface area contributed by atoms with E-state index in [1.807, 2.05) is 30.3 Å². The number of para-hydroxylation sites is 1. The van der Waals surface area contributed by atoms with Crippen molar-refractivity contribution in [2.75, 3.05) is 12.4 Å². The van der Waals surface area contributed by atoms with Gasteiger partial charge in [-0.3, -0.25) is 0 Å². The first kappa shape index (κ1) is 13.5. The molecule has 1 heterocycles. The Bertz CT molecular complexity index is 546. The Morgan fingerprint density at radius 2 is 2.06 bits per heavy atom. The quantitative estimate of drug-likeness (QED) is 0.859. The van der Waals surface area contributed by atoms with E-state index in [4.69, 9.17) is 4.74 Å². The molecular formula is C13H12Br2N2O. The van der Waals surface area contributed by atoms with Crippen molar-refractivity contribution in [3.8, 4) is 0 Å². The first-order chi connectivity index (χ1) is 8.70. The van der Waals surface area contributed by atoms with Crippen LogP contribution in [0, 0.1) is 0 Å². The maximum Gasteiger partial charge on any atom is 0.144 e. The fourth-order valence-electron chi connectivity index (χ4n) is 1.56. The number of pyridine rings is 1. The highest BCUT2D eigenvalue weighted by molar-refractivity contribution is 9.11. The van der Waals surface area contributed by atoms with Crippen LogP contribution in [0.5, 0.6) is 0 Å². The van der Waals surface area contributed by atoms with Crippen molar-refractivity contribution >= 4 is 43.4 Å². The second kappa shape index (κ2) is 6.31. The van der Waals surface area contributed by atoms with Crippen LogP contribution in [-0.2, 0) is 11.3 Å². The van der Waals surface area contributed by atoms with E-state index in [9.17, 15) is 0 Å². The zero-order valence-electron chi connectivity index (χ0n) is 9.78. The van der Waals surface area contributed by atoms with Gasteiger partial charge in [0, 0.05) is 29.0 Å². The Kier molecular flexibility index (Phi) is 4.74. The van der Waals surface area contributed by atoms with Crippen molar-refractivity contribution in [1.82, 2.24) is 4.98 Å². The minimum Gasteiger partial charge on any atom is -0.380 e. The number of ether oxygens (including phenoxy) is 1. The van der Waals surface area contributed by atoms with Gasteiger partial charge in [-0.2, -0.15) is 0 Å². The maximum atomic E-state index is 5.18. The van der Waals surface area contributed by atoms with Gasteiger partial charge in [-0.05, 0) is 44.0 Å². The van der Waals surface area contributed by atoms with Crippen molar-refractivity contribution in [3.05, 3.63) is 51.0 Å². The molecule has 0 aliphatic heterocycles. The summed E-state index contributed by atoms with van der Waals surface area (Å²) in [5.74, 6) is 0.779. The van der Waals surface area contributed by atoms with E-state index >= 15 is 0 Å². The van der Waals surface area contributed by atoms with Gasteiger partial charge >= 0.3 is 0 Å². The van der Waals surface area contributed by atoms with Crippen LogP contribution in [0.2, 0.25) is 0 Å². The van der Waals surface area contributed by atoms with Crippen LogP contribution in [0.1, 0.15) is 5.56 Å². The number of aromatic nitrogens is 1. The summed E-state index contributed by atoms with van der Waals surface area (Å²) in [5.41, 5.74) is 2.09. The molecule has 3 nitrogen and oxygen atoms in total. The van der Waals surface area contributed by atoms with Gasteiger partial charge in [0.05, 0.1) is 11.1 Å². The number of anilines is 2. The number of hydrogen-bond donors (Lipinski definition) is 1. The second-order valence-electron chi connectivity index (χ2n) is 3.70. The monoisotopic (exact) mass is 370 g/mol.